The molecule has 1 N–H and O–H groups in total. The summed E-state index contributed by atoms with van der Waals surface area (Å²) in [6.45, 7) is 8.70. The van der Waals surface area contributed by atoms with Crippen LogP contribution in [0.2, 0.25) is 0 Å². The van der Waals surface area contributed by atoms with Crippen molar-refractivity contribution >= 4 is 29.3 Å². The summed E-state index contributed by atoms with van der Waals surface area (Å²) in [6, 6.07) is 24.0. The summed E-state index contributed by atoms with van der Waals surface area (Å²) in [5.74, 6) is -0.225. The molecule has 0 saturated carbocycles. The van der Waals surface area contributed by atoms with Crippen molar-refractivity contribution in [2.45, 2.75) is 26.3 Å². The molecule has 1 heterocycles. The maximum Gasteiger partial charge on any atom is 0.337 e. The van der Waals surface area contributed by atoms with E-state index in [0.29, 0.717) is 17.2 Å². The van der Waals surface area contributed by atoms with Gasteiger partial charge in [-0.2, -0.15) is 0 Å². The Hall–Kier alpha value is -3.90. The van der Waals surface area contributed by atoms with E-state index in [4.69, 9.17) is 4.74 Å². The summed E-state index contributed by atoms with van der Waals surface area (Å²) in [5, 5.41) is 2.99. The van der Waals surface area contributed by atoms with E-state index in [2.05, 4.69) is 65.4 Å². The largest absolute Gasteiger partial charge is 0.465 e. The normalized spacial score (nSPS) is 14.2. The van der Waals surface area contributed by atoms with Crippen LogP contribution in [-0.4, -0.2) is 50.1 Å². The lowest BCUT2D eigenvalue weighted by molar-refractivity contribution is -0.111. The molecule has 1 saturated heterocycles. The van der Waals surface area contributed by atoms with E-state index < -0.39 is 5.97 Å². The van der Waals surface area contributed by atoms with E-state index in [1.165, 1.54) is 24.3 Å². The third kappa shape index (κ3) is 7.08. The molecule has 0 spiro atoms. The van der Waals surface area contributed by atoms with Gasteiger partial charge in [-0.3, -0.25) is 9.69 Å². The van der Waals surface area contributed by atoms with Crippen molar-refractivity contribution in [3.63, 3.8) is 0 Å². The van der Waals surface area contributed by atoms with Crippen molar-refractivity contribution in [1.29, 1.82) is 0 Å². The van der Waals surface area contributed by atoms with Gasteiger partial charge in [0.1, 0.15) is 0 Å². The Labute approximate surface area is 219 Å². The van der Waals surface area contributed by atoms with Crippen molar-refractivity contribution in [3.05, 3.63) is 101 Å². The van der Waals surface area contributed by atoms with Crippen LogP contribution in [0.25, 0.3) is 6.08 Å². The first-order chi connectivity index (χ1) is 17.9. The minimum absolute atomic E-state index is 0.251. The number of carbonyl (C=O) groups excluding carboxylic acids is 2. The number of esters is 1. The molecule has 0 unspecified atom stereocenters. The number of piperazine rings is 1. The lowest BCUT2D eigenvalue weighted by Gasteiger charge is -2.37. The average molecular weight is 498 g/mol. The van der Waals surface area contributed by atoms with E-state index in [0.717, 1.165) is 44.0 Å². The fourth-order valence-electron chi connectivity index (χ4n) is 4.48. The average Bonchev–Trinajstić information content (AvgIpc) is 2.93. The number of hydrogen-bond donors (Lipinski definition) is 1. The van der Waals surface area contributed by atoms with Crippen LogP contribution in [0.1, 0.15) is 46.8 Å². The Balaban J connectivity index is 1.46. The van der Waals surface area contributed by atoms with Crippen LogP contribution in [0.5, 0.6) is 0 Å². The van der Waals surface area contributed by atoms with Gasteiger partial charge in [-0.05, 0) is 46.9 Å². The van der Waals surface area contributed by atoms with E-state index >= 15 is 0 Å². The number of nitrogens with one attached hydrogen (secondary N) is 1. The summed E-state index contributed by atoms with van der Waals surface area (Å²) >= 11 is 0. The van der Waals surface area contributed by atoms with Gasteiger partial charge in [0.15, 0.2) is 0 Å². The smallest absolute Gasteiger partial charge is 0.337 e. The molecule has 0 radical (unpaired) electrons. The molecule has 1 amide bonds. The molecule has 1 aliphatic heterocycles. The number of anilines is 2. The second-order valence-electron chi connectivity index (χ2n) is 9.62. The molecule has 37 heavy (non-hydrogen) atoms. The summed E-state index contributed by atoms with van der Waals surface area (Å²) in [5.41, 5.74) is 5.42. The molecule has 6 heteroatoms. The van der Waals surface area contributed by atoms with Crippen LogP contribution in [0.3, 0.4) is 0 Å². The molecule has 0 bridgehead atoms. The van der Waals surface area contributed by atoms with Gasteiger partial charge in [0, 0.05) is 38.8 Å². The Bertz CT molecular complexity index is 1230. The van der Waals surface area contributed by atoms with Crippen LogP contribution in [0.4, 0.5) is 11.4 Å². The second-order valence-corrected chi connectivity index (χ2v) is 9.62. The number of amides is 1. The quantitative estimate of drug-likeness (QED) is 0.326. The number of ether oxygens (including phenoxy) is 1. The minimum atomic E-state index is -0.435. The lowest BCUT2D eigenvalue weighted by Crippen LogP contribution is -2.46. The molecule has 1 aliphatic rings. The summed E-state index contributed by atoms with van der Waals surface area (Å²) in [7, 11) is 1.35. The highest BCUT2D eigenvalue weighted by Gasteiger charge is 2.21. The SMILES string of the molecule is COC(=O)c1ccc(N2CCN(Cc3ccccc3)CC2)c(NC(=O)C=Cc2ccc(C(C)C)cc2)c1. The van der Waals surface area contributed by atoms with Crippen molar-refractivity contribution in [2.75, 3.05) is 43.5 Å². The van der Waals surface area contributed by atoms with Gasteiger partial charge in [-0.25, -0.2) is 4.79 Å². The van der Waals surface area contributed by atoms with Crippen molar-refractivity contribution in [1.82, 2.24) is 4.90 Å². The van der Waals surface area contributed by atoms with E-state index in [9.17, 15) is 9.59 Å². The summed E-state index contributed by atoms with van der Waals surface area (Å²) < 4.78 is 4.90. The van der Waals surface area contributed by atoms with Crippen LogP contribution in [-0.2, 0) is 16.1 Å². The molecule has 3 aromatic rings. The predicted molar refractivity (Wildman–Crippen MR) is 150 cm³/mol. The maximum atomic E-state index is 12.9. The third-order valence-electron chi connectivity index (χ3n) is 6.67. The van der Waals surface area contributed by atoms with Gasteiger partial charge in [-0.1, -0.05) is 68.4 Å². The topological polar surface area (TPSA) is 61.9 Å². The van der Waals surface area contributed by atoms with Gasteiger partial charge in [0.05, 0.1) is 24.0 Å². The molecule has 3 aromatic carbocycles. The Morgan fingerprint density at radius 3 is 2.30 bits per heavy atom. The van der Waals surface area contributed by atoms with E-state index in [-0.39, 0.29) is 5.91 Å². The molecule has 0 aliphatic carbocycles. The number of rotatable bonds is 8. The Morgan fingerprint density at radius 1 is 0.946 bits per heavy atom. The first kappa shape index (κ1) is 26.2. The molecule has 4 rings (SSSR count). The molecule has 0 atom stereocenters. The number of benzene rings is 3. The molecular weight excluding hydrogens is 462 g/mol. The lowest BCUT2D eigenvalue weighted by atomic mass is 10.0. The van der Waals surface area contributed by atoms with E-state index in [1.54, 1.807) is 18.2 Å². The first-order valence-electron chi connectivity index (χ1n) is 12.8. The standard InChI is InChI=1S/C31H35N3O3/c1-23(2)26-12-9-24(10-13-26)11-16-30(35)32-28-21-27(31(36)37-3)14-15-29(28)34-19-17-33(18-20-34)22-25-7-5-4-6-8-25/h4-16,21,23H,17-20,22H2,1-3H3,(H,32,35). The van der Waals surface area contributed by atoms with Crippen molar-refractivity contribution in [3.8, 4) is 0 Å². The number of methoxy groups -OCH3 is 1. The Morgan fingerprint density at radius 2 is 1.65 bits per heavy atom. The second kappa shape index (κ2) is 12.4. The zero-order valence-corrected chi connectivity index (χ0v) is 21.8. The number of carbonyl (C=O) groups is 2. The number of hydrogen-bond acceptors (Lipinski definition) is 5. The zero-order valence-electron chi connectivity index (χ0n) is 21.8. The van der Waals surface area contributed by atoms with Gasteiger partial charge in [0.25, 0.3) is 0 Å². The molecule has 6 nitrogen and oxygen atoms in total. The fraction of sp³-hybridized carbons (Fsp3) is 0.290. The summed E-state index contributed by atoms with van der Waals surface area (Å²) in [4.78, 5) is 29.7. The fourth-order valence-corrected chi connectivity index (χ4v) is 4.48. The van der Waals surface area contributed by atoms with Crippen LogP contribution < -0.4 is 10.2 Å². The molecule has 192 valence electrons. The zero-order chi connectivity index (χ0) is 26.2. The first-order valence-corrected chi connectivity index (χ1v) is 12.8. The van der Waals surface area contributed by atoms with Crippen molar-refractivity contribution < 1.29 is 14.3 Å². The molecule has 0 aromatic heterocycles. The van der Waals surface area contributed by atoms with Gasteiger partial charge < -0.3 is 15.0 Å². The minimum Gasteiger partial charge on any atom is -0.465 e. The number of nitrogens with zero attached hydrogens (tertiary/aromatic N) is 2. The molecule has 1 fully saturated rings. The summed E-state index contributed by atoms with van der Waals surface area (Å²) in [6.07, 6.45) is 3.32. The van der Waals surface area contributed by atoms with Gasteiger partial charge in [0.2, 0.25) is 5.91 Å². The monoisotopic (exact) mass is 497 g/mol. The highest BCUT2D eigenvalue weighted by atomic mass is 16.5. The van der Waals surface area contributed by atoms with Crippen LogP contribution in [0, 0.1) is 0 Å². The van der Waals surface area contributed by atoms with Crippen LogP contribution >= 0.6 is 0 Å². The maximum absolute atomic E-state index is 12.9. The van der Waals surface area contributed by atoms with Crippen LogP contribution in [0.15, 0.2) is 78.9 Å². The van der Waals surface area contributed by atoms with E-state index in [1.807, 2.05) is 24.3 Å². The highest BCUT2D eigenvalue weighted by molar-refractivity contribution is 6.05. The Kier molecular flexibility index (Phi) is 8.75. The third-order valence-corrected chi connectivity index (χ3v) is 6.67. The highest BCUT2D eigenvalue weighted by Crippen LogP contribution is 2.29. The van der Waals surface area contributed by atoms with Crippen molar-refractivity contribution in [2.24, 2.45) is 0 Å². The van der Waals surface area contributed by atoms with Gasteiger partial charge in [-0.15, -0.1) is 0 Å². The molecular formula is C31H35N3O3. The van der Waals surface area contributed by atoms with Gasteiger partial charge >= 0.3 is 5.97 Å². The predicted octanol–water partition coefficient (Wildman–Crippen LogP) is 5.57.